The van der Waals surface area contributed by atoms with Crippen molar-refractivity contribution in [2.75, 3.05) is 12.4 Å². The first-order valence-electron chi connectivity index (χ1n) is 5.82. The Morgan fingerprint density at radius 2 is 1.95 bits per heavy atom. The molecule has 0 bridgehead atoms. The van der Waals surface area contributed by atoms with Crippen molar-refractivity contribution >= 4 is 11.6 Å². The Hall–Kier alpha value is -3.00. The molecule has 0 aromatic heterocycles. The van der Waals surface area contributed by atoms with Crippen molar-refractivity contribution in [2.24, 2.45) is 0 Å². The minimum absolute atomic E-state index is 0.148. The summed E-state index contributed by atoms with van der Waals surface area (Å²) >= 11 is 0. The van der Waals surface area contributed by atoms with Gasteiger partial charge in [0.15, 0.2) is 0 Å². The van der Waals surface area contributed by atoms with Crippen LogP contribution in [0, 0.1) is 11.3 Å². The summed E-state index contributed by atoms with van der Waals surface area (Å²) in [4.78, 5) is 12.0. The molecular weight excluding hydrogens is 256 g/mol. The summed E-state index contributed by atoms with van der Waals surface area (Å²) in [5.41, 5.74) is 1.20. The van der Waals surface area contributed by atoms with E-state index in [0.29, 0.717) is 17.0 Å². The van der Waals surface area contributed by atoms with Crippen LogP contribution in [0.25, 0.3) is 0 Å². The van der Waals surface area contributed by atoms with Crippen molar-refractivity contribution in [1.82, 2.24) is 0 Å². The Morgan fingerprint density at radius 1 is 1.25 bits per heavy atom. The van der Waals surface area contributed by atoms with E-state index in [1.807, 2.05) is 6.07 Å². The number of carbonyl (C=O) groups excluding carboxylic acids is 1. The maximum absolute atomic E-state index is 12.0. The number of phenols is 1. The minimum Gasteiger partial charge on any atom is -0.507 e. The molecule has 2 rings (SSSR count). The van der Waals surface area contributed by atoms with Gasteiger partial charge in [0.25, 0.3) is 5.91 Å². The molecule has 0 aliphatic carbocycles. The number of hydrogen-bond donors (Lipinski definition) is 2. The number of rotatable bonds is 3. The van der Waals surface area contributed by atoms with Crippen molar-refractivity contribution < 1.29 is 14.6 Å². The van der Waals surface area contributed by atoms with Crippen LogP contribution in [0.3, 0.4) is 0 Å². The molecule has 5 heteroatoms. The number of anilines is 1. The molecule has 0 aliphatic rings. The third kappa shape index (κ3) is 2.87. The lowest BCUT2D eigenvalue weighted by molar-refractivity contribution is 0.102. The molecule has 0 radical (unpaired) electrons. The monoisotopic (exact) mass is 268 g/mol. The molecule has 0 atom stereocenters. The molecule has 2 N–H and O–H groups in total. The molecular formula is C15H12N2O3. The van der Waals surface area contributed by atoms with Crippen molar-refractivity contribution in [2.45, 2.75) is 0 Å². The molecule has 20 heavy (non-hydrogen) atoms. The Balaban J connectivity index is 2.17. The predicted octanol–water partition coefficient (Wildman–Crippen LogP) is 2.52. The summed E-state index contributed by atoms with van der Waals surface area (Å²) in [5.74, 6) is -0.122. The van der Waals surface area contributed by atoms with Gasteiger partial charge in [-0.05, 0) is 36.4 Å². The molecule has 2 aromatic rings. The molecule has 0 spiro atoms. The number of nitrogens with one attached hydrogen (secondary N) is 1. The number of ether oxygens (including phenoxy) is 1. The van der Waals surface area contributed by atoms with E-state index in [0.717, 1.165) is 0 Å². The fraction of sp³-hybridized carbons (Fsp3) is 0.0667. The van der Waals surface area contributed by atoms with E-state index < -0.39 is 5.91 Å². The van der Waals surface area contributed by atoms with Gasteiger partial charge in [0.2, 0.25) is 0 Å². The van der Waals surface area contributed by atoms with Gasteiger partial charge in [-0.2, -0.15) is 5.26 Å². The number of nitriles is 1. The van der Waals surface area contributed by atoms with Crippen molar-refractivity contribution in [3.63, 3.8) is 0 Å². The molecule has 0 heterocycles. The molecule has 0 saturated carbocycles. The molecule has 5 nitrogen and oxygen atoms in total. The first-order valence-corrected chi connectivity index (χ1v) is 5.82. The smallest absolute Gasteiger partial charge is 0.259 e. The quantitative estimate of drug-likeness (QED) is 0.896. The number of phenolic OH excluding ortho intramolecular Hbond substituents is 1. The number of hydrogen-bond acceptors (Lipinski definition) is 4. The number of carbonyl (C=O) groups is 1. The zero-order valence-electron chi connectivity index (χ0n) is 10.8. The molecule has 2 aromatic carbocycles. The predicted molar refractivity (Wildman–Crippen MR) is 73.8 cm³/mol. The van der Waals surface area contributed by atoms with Crippen LogP contribution >= 0.6 is 0 Å². The second kappa shape index (κ2) is 5.76. The third-order valence-electron chi connectivity index (χ3n) is 2.72. The molecule has 0 fully saturated rings. The van der Waals surface area contributed by atoms with Gasteiger partial charge < -0.3 is 15.2 Å². The first-order chi connectivity index (χ1) is 9.63. The van der Waals surface area contributed by atoms with Gasteiger partial charge in [0.05, 0.1) is 24.3 Å². The fourth-order valence-electron chi connectivity index (χ4n) is 1.66. The number of amides is 1. The Labute approximate surface area is 116 Å². The normalized spacial score (nSPS) is 9.60. The Bertz CT molecular complexity index is 673. The van der Waals surface area contributed by atoms with Gasteiger partial charge in [-0.15, -0.1) is 0 Å². The van der Waals surface area contributed by atoms with Crippen molar-refractivity contribution in [3.8, 4) is 17.6 Å². The number of methoxy groups -OCH3 is 1. The summed E-state index contributed by atoms with van der Waals surface area (Å²) in [6, 6.07) is 12.9. The van der Waals surface area contributed by atoms with Gasteiger partial charge in [-0.1, -0.05) is 0 Å². The number of nitrogens with zero attached hydrogens (tertiary/aromatic N) is 1. The van der Waals surface area contributed by atoms with E-state index in [4.69, 9.17) is 10.00 Å². The van der Waals surface area contributed by atoms with E-state index in [1.54, 1.807) is 30.3 Å². The Morgan fingerprint density at radius 3 is 2.50 bits per heavy atom. The maximum Gasteiger partial charge on any atom is 0.259 e. The molecule has 0 unspecified atom stereocenters. The highest BCUT2D eigenvalue weighted by Crippen LogP contribution is 2.24. The van der Waals surface area contributed by atoms with Crippen LogP contribution in [-0.2, 0) is 0 Å². The lowest BCUT2D eigenvalue weighted by Crippen LogP contribution is -2.12. The molecule has 100 valence electrons. The van der Waals surface area contributed by atoms with Crippen LogP contribution in [0.15, 0.2) is 42.5 Å². The van der Waals surface area contributed by atoms with Gasteiger partial charge >= 0.3 is 0 Å². The zero-order chi connectivity index (χ0) is 14.5. The van der Waals surface area contributed by atoms with Gasteiger partial charge in [0, 0.05) is 11.8 Å². The van der Waals surface area contributed by atoms with Crippen LogP contribution in [0.1, 0.15) is 15.9 Å². The van der Waals surface area contributed by atoms with Crippen LogP contribution in [0.2, 0.25) is 0 Å². The van der Waals surface area contributed by atoms with Crippen molar-refractivity contribution in [1.29, 1.82) is 5.26 Å². The van der Waals surface area contributed by atoms with Crippen LogP contribution in [0.4, 0.5) is 5.69 Å². The fourth-order valence-corrected chi connectivity index (χ4v) is 1.66. The van der Waals surface area contributed by atoms with E-state index in [2.05, 4.69) is 5.32 Å². The van der Waals surface area contributed by atoms with Crippen LogP contribution in [0.5, 0.6) is 11.5 Å². The average Bonchev–Trinajstić information content (AvgIpc) is 2.47. The Kier molecular flexibility index (Phi) is 3.87. The highest BCUT2D eigenvalue weighted by molar-refractivity contribution is 6.06. The van der Waals surface area contributed by atoms with E-state index in [1.165, 1.54) is 19.2 Å². The largest absolute Gasteiger partial charge is 0.507 e. The second-order valence-electron chi connectivity index (χ2n) is 4.03. The lowest BCUT2D eigenvalue weighted by Gasteiger charge is -2.08. The highest BCUT2D eigenvalue weighted by atomic mass is 16.5. The molecule has 1 amide bonds. The first kappa shape index (κ1) is 13.4. The lowest BCUT2D eigenvalue weighted by atomic mass is 10.1. The summed E-state index contributed by atoms with van der Waals surface area (Å²) in [6.07, 6.45) is 0. The van der Waals surface area contributed by atoms with Gasteiger partial charge in [0.1, 0.15) is 11.5 Å². The van der Waals surface area contributed by atoms with E-state index in [9.17, 15) is 9.90 Å². The average molecular weight is 268 g/mol. The number of aromatic hydroxyl groups is 1. The third-order valence-corrected chi connectivity index (χ3v) is 2.72. The van der Waals surface area contributed by atoms with Crippen LogP contribution in [-0.4, -0.2) is 18.1 Å². The molecule has 0 saturated heterocycles. The second-order valence-corrected chi connectivity index (χ2v) is 4.03. The standard InChI is InChI=1S/C15H12N2O3/c1-20-12-6-7-13(14(18)8-12)15(19)17-11-4-2-10(9-16)3-5-11/h2-8,18H,1H3,(H,17,19). The summed E-state index contributed by atoms with van der Waals surface area (Å²) in [7, 11) is 1.48. The summed E-state index contributed by atoms with van der Waals surface area (Å²) < 4.78 is 4.95. The minimum atomic E-state index is -0.435. The topological polar surface area (TPSA) is 82.3 Å². The maximum atomic E-state index is 12.0. The summed E-state index contributed by atoms with van der Waals surface area (Å²) in [6.45, 7) is 0. The number of benzene rings is 2. The van der Waals surface area contributed by atoms with E-state index in [-0.39, 0.29) is 11.3 Å². The highest BCUT2D eigenvalue weighted by Gasteiger charge is 2.12. The van der Waals surface area contributed by atoms with Crippen LogP contribution < -0.4 is 10.1 Å². The summed E-state index contributed by atoms with van der Waals surface area (Å²) in [5, 5.41) is 21.1. The zero-order valence-corrected chi connectivity index (χ0v) is 10.8. The van der Waals surface area contributed by atoms with Gasteiger partial charge in [-0.3, -0.25) is 4.79 Å². The van der Waals surface area contributed by atoms with Gasteiger partial charge in [-0.25, -0.2) is 0 Å². The SMILES string of the molecule is COc1ccc(C(=O)Nc2ccc(C#N)cc2)c(O)c1. The van der Waals surface area contributed by atoms with E-state index >= 15 is 0 Å². The van der Waals surface area contributed by atoms with Crippen molar-refractivity contribution in [3.05, 3.63) is 53.6 Å². The molecule has 0 aliphatic heterocycles.